The van der Waals surface area contributed by atoms with Gasteiger partial charge >= 0.3 is 0 Å². The molecule has 0 spiro atoms. The second-order valence-electron chi connectivity index (χ2n) is 9.07. The van der Waals surface area contributed by atoms with Crippen LogP contribution in [0, 0.1) is 6.92 Å². The standard InChI is InChI=1S/C24H26ClN7O/c1-15-16(11-30-9-7-19(33)13-30)12-32(29-15)23-6-8-26-24(28-23)27-17-2-5-22-20(10-17)21(25)14-31(22)18-3-4-18/h2,5-6,8,10,12,14,18-19,33H,3-4,7,9,11,13H2,1H3,(H,26,27,28). The number of aliphatic hydroxyl groups excluding tert-OH is 1. The van der Waals surface area contributed by atoms with Crippen LogP contribution in [-0.2, 0) is 6.54 Å². The number of hydrogen-bond acceptors (Lipinski definition) is 6. The number of nitrogens with one attached hydrogen (secondary N) is 1. The van der Waals surface area contributed by atoms with Crippen molar-refractivity contribution in [3.63, 3.8) is 0 Å². The topological polar surface area (TPSA) is 84.0 Å². The summed E-state index contributed by atoms with van der Waals surface area (Å²) in [6.07, 6.45) is 8.82. The number of aliphatic hydroxyl groups is 1. The Labute approximate surface area is 196 Å². The van der Waals surface area contributed by atoms with Crippen molar-refractivity contribution in [2.75, 3.05) is 18.4 Å². The first-order valence-electron chi connectivity index (χ1n) is 11.4. The van der Waals surface area contributed by atoms with Crippen LogP contribution >= 0.6 is 11.6 Å². The zero-order valence-electron chi connectivity index (χ0n) is 18.4. The molecule has 33 heavy (non-hydrogen) atoms. The highest BCUT2D eigenvalue weighted by molar-refractivity contribution is 6.35. The van der Waals surface area contributed by atoms with Crippen LogP contribution in [0.4, 0.5) is 11.6 Å². The van der Waals surface area contributed by atoms with Gasteiger partial charge in [0.25, 0.3) is 0 Å². The van der Waals surface area contributed by atoms with Crippen LogP contribution < -0.4 is 5.32 Å². The number of likely N-dealkylation sites (tertiary alicyclic amines) is 1. The number of rotatable bonds is 6. The predicted molar refractivity (Wildman–Crippen MR) is 128 cm³/mol. The molecular formula is C24H26ClN7O. The van der Waals surface area contributed by atoms with Crippen molar-refractivity contribution in [2.24, 2.45) is 0 Å². The van der Waals surface area contributed by atoms with E-state index < -0.39 is 0 Å². The number of nitrogens with zero attached hydrogens (tertiary/aromatic N) is 6. The van der Waals surface area contributed by atoms with Crippen LogP contribution in [0.25, 0.3) is 16.7 Å². The Balaban J connectivity index is 1.23. The smallest absolute Gasteiger partial charge is 0.229 e. The fourth-order valence-corrected chi connectivity index (χ4v) is 4.83. The van der Waals surface area contributed by atoms with Crippen molar-refractivity contribution >= 4 is 34.1 Å². The Morgan fingerprint density at radius 3 is 2.85 bits per heavy atom. The summed E-state index contributed by atoms with van der Waals surface area (Å²) < 4.78 is 4.07. The zero-order chi connectivity index (χ0) is 22.5. The van der Waals surface area contributed by atoms with Crippen LogP contribution in [0.15, 0.2) is 42.9 Å². The number of hydrogen-bond donors (Lipinski definition) is 2. The fourth-order valence-electron chi connectivity index (χ4n) is 4.58. The molecule has 1 saturated heterocycles. The lowest BCUT2D eigenvalue weighted by atomic mass is 10.2. The lowest BCUT2D eigenvalue weighted by Gasteiger charge is -2.13. The minimum absolute atomic E-state index is 0.225. The Hall–Kier alpha value is -2.94. The third-order valence-corrected chi connectivity index (χ3v) is 6.80. The quantitative estimate of drug-likeness (QED) is 0.445. The Bertz CT molecular complexity index is 1330. The molecule has 1 aliphatic heterocycles. The summed E-state index contributed by atoms with van der Waals surface area (Å²) >= 11 is 6.51. The molecule has 6 rings (SSSR count). The molecule has 0 radical (unpaired) electrons. The summed E-state index contributed by atoms with van der Waals surface area (Å²) in [5.74, 6) is 1.20. The minimum Gasteiger partial charge on any atom is -0.392 e. The van der Waals surface area contributed by atoms with Crippen LogP contribution in [0.5, 0.6) is 0 Å². The molecule has 0 bridgehead atoms. The number of aromatic nitrogens is 5. The first-order valence-corrected chi connectivity index (χ1v) is 11.8. The van der Waals surface area contributed by atoms with Gasteiger partial charge in [0.05, 0.1) is 16.8 Å². The molecule has 4 heterocycles. The first kappa shape index (κ1) is 20.7. The maximum atomic E-state index is 9.79. The molecule has 2 aliphatic rings. The molecule has 1 atom stereocenters. The van der Waals surface area contributed by atoms with Crippen molar-refractivity contribution in [3.8, 4) is 5.82 Å². The fraction of sp³-hybridized carbons (Fsp3) is 0.375. The van der Waals surface area contributed by atoms with Crippen LogP contribution in [0.1, 0.15) is 36.6 Å². The average Bonchev–Trinajstić information content (AvgIpc) is 3.36. The largest absolute Gasteiger partial charge is 0.392 e. The third kappa shape index (κ3) is 4.10. The summed E-state index contributed by atoms with van der Waals surface area (Å²) in [6.45, 7) is 4.40. The van der Waals surface area contributed by atoms with E-state index in [1.54, 1.807) is 10.9 Å². The second kappa shape index (κ2) is 8.13. The van der Waals surface area contributed by atoms with Crippen LogP contribution in [0.3, 0.4) is 0 Å². The van der Waals surface area contributed by atoms with Gasteiger partial charge in [0.2, 0.25) is 5.95 Å². The number of benzene rings is 1. The van der Waals surface area contributed by atoms with Gasteiger partial charge in [-0.1, -0.05) is 11.6 Å². The van der Waals surface area contributed by atoms with E-state index in [-0.39, 0.29) is 6.10 Å². The second-order valence-corrected chi connectivity index (χ2v) is 9.48. The van der Waals surface area contributed by atoms with E-state index in [4.69, 9.17) is 11.6 Å². The summed E-state index contributed by atoms with van der Waals surface area (Å²) in [5, 5.41) is 19.5. The van der Waals surface area contributed by atoms with Gasteiger partial charge < -0.3 is 15.0 Å². The first-order chi connectivity index (χ1) is 16.0. The van der Waals surface area contributed by atoms with E-state index >= 15 is 0 Å². The molecule has 1 aliphatic carbocycles. The highest BCUT2D eigenvalue weighted by Gasteiger charge is 2.25. The van der Waals surface area contributed by atoms with E-state index in [9.17, 15) is 5.11 Å². The number of β-amino-alcohol motifs (C(OH)–C–C–N with tert-alkyl or cyclic N) is 1. The van der Waals surface area contributed by atoms with Gasteiger partial charge in [-0.15, -0.1) is 0 Å². The van der Waals surface area contributed by atoms with Crippen molar-refractivity contribution in [1.29, 1.82) is 0 Å². The van der Waals surface area contributed by atoms with E-state index in [0.717, 1.165) is 52.4 Å². The summed E-state index contributed by atoms with van der Waals surface area (Å²) in [7, 11) is 0. The van der Waals surface area contributed by atoms with Gasteiger partial charge in [-0.25, -0.2) is 9.67 Å². The monoisotopic (exact) mass is 463 g/mol. The number of aryl methyl sites for hydroxylation is 1. The van der Waals surface area contributed by atoms with Crippen molar-refractivity contribution in [3.05, 3.63) is 59.1 Å². The number of fused-ring (bicyclic) bond motifs is 1. The zero-order valence-corrected chi connectivity index (χ0v) is 19.2. The maximum absolute atomic E-state index is 9.79. The van der Waals surface area contributed by atoms with E-state index in [0.29, 0.717) is 24.4 Å². The summed E-state index contributed by atoms with van der Waals surface area (Å²) in [4.78, 5) is 11.3. The molecule has 1 aromatic carbocycles. The maximum Gasteiger partial charge on any atom is 0.229 e. The van der Waals surface area contributed by atoms with Crippen molar-refractivity contribution in [1.82, 2.24) is 29.2 Å². The molecule has 0 amide bonds. The van der Waals surface area contributed by atoms with Gasteiger partial charge in [0.15, 0.2) is 5.82 Å². The molecule has 1 unspecified atom stereocenters. The Morgan fingerprint density at radius 2 is 2.06 bits per heavy atom. The summed E-state index contributed by atoms with van der Waals surface area (Å²) in [6, 6.07) is 8.61. The minimum atomic E-state index is -0.225. The molecular weight excluding hydrogens is 438 g/mol. The molecule has 2 fully saturated rings. The molecule has 3 aromatic heterocycles. The Morgan fingerprint density at radius 1 is 1.18 bits per heavy atom. The molecule has 8 nitrogen and oxygen atoms in total. The molecule has 2 N–H and O–H groups in total. The molecule has 1 saturated carbocycles. The van der Waals surface area contributed by atoms with Gasteiger partial charge in [-0.2, -0.15) is 10.1 Å². The van der Waals surface area contributed by atoms with Gasteiger partial charge in [-0.05, 0) is 44.4 Å². The molecule has 4 aromatic rings. The number of anilines is 2. The van der Waals surface area contributed by atoms with Gasteiger partial charge in [0.1, 0.15) is 0 Å². The highest BCUT2D eigenvalue weighted by atomic mass is 35.5. The van der Waals surface area contributed by atoms with Crippen LogP contribution in [-0.4, -0.2) is 53.5 Å². The van der Waals surface area contributed by atoms with Crippen molar-refractivity contribution in [2.45, 2.75) is 44.9 Å². The van der Waals surface area contributed by atoms with E-state index in [1.165, 1.54) is 12.8 Å². The molecule has 9 heteroatoms. The number of halogens is 1. The lowest BCUT2D eigenvalue weighted by molar-refractivity contribution is 0.174. The average molecular weight is 464 g/mol. The molecule has 170 valence electrons. The lowest BCUT2D eigenvalue weighted by Crippen LogP contribution is -2.21. The predicted octanol–water partition coefficient (Wildman–Crippen LogP) is 4.22. The van der Waals surface area contributed by atoms with Crippen LogP contribution in [0.2, 0.25) is 5.02 Å². The Kier molecular flexibility index (Phi) is 5.09. The van der Waals surface area contributed by atoms with Gasteiger partial charge in [0, 0.05) is 72.5 Å². The van der Waals surface area contributed by atoms with Gasteiger partial charge in [-0.3, -0.25) is 4.90 Å². The van der Waals surface area contributed by atoms with E-state index in [1.807, 2.05) is 37.5 Å². The SMILES string of the molecule is Cc1nn(-c2ccnc(Nc3ccc4c(c3)c(Cl)cn4C3CC3)n2)cc1CN1CCC(O)C1. The van der Waals surface area contributed by atoms with Crippen molar-refractivity contribution < 1.29 is 5.11 Å². The summed E-state index contributed by atoms with van der Waals surface area (Å²) in [5.41, 5.74) is 4.15. The van der Waals surface area contributed by atoms with E-state index in [2.05, 4.69) is 35.9 Å². The highest BCUT2D eigenvalue weighted by Crippen LogP contribution is 2.40. The normalized spacial score (nSPS) is 18.9. The third-order valence-electron chi connectivity index (χ3n) is 6.50.